The van der Waals surface area contributed by atoms with Gasteiger partial charge >= 0.3 is 0 Å². The number of carbonyl (C=O) groups excluding carboxylic acids is 1. The van der Waals surface area contributed by atoms with Gasteiger partial charge in [0.2, 0.25) is 0 Å². The van der Waals surface area contributed by atoms with Crippen LogP contribution in [-0.2, 0) is 13.1 Å². The molecule has 31 heavy (non-hydrogen) atoms. The van der Waals surface area contributed by atoms with Crippen molar-refractivity contribution in [2.75, 3.05) is 23.9 Å². The molecule has 1 amide bonds. The number of benzene rings is 3. The van der Waals surface area contributed by atoms with Crippen LogP contribution in [0.4, 0.5) is 11.4 Å². The van der Waals surface area contributed by atoms with Crippen molar-refractivity contribution in [3.8, 4) is 5.75 Å². The Balaban J connectivity index is 1.40. The SMILES string of the molecule is COc1cccc(N2CCn3c(nc4cc(NC(=O)c5ccccc5Cl)ccc43)C2)c1. The van der Waals surface area contributed by atoms with E-state index < -0.39 is 0 Å². The maximum absolute atomic E-state index is 12.6. The van der Waals surface area contributed by atoms with Gasteiger partial charge in [0.1, 0.15) is 11.6 Å². The van der Waals surface area contributed by atoms with Gasteiger partial charge in [-0.25, -0.2) is 4.98 Å². The average molecular weight is 433 g/mol. The summed E-state index contributed by atoms with van der Waals surface area (Å²) in [5, 5.41) is 3.35. The fourth-order valence-electron chi connectivity index (χ4n) is 3.97. The van der Waals surface area contributed by atoms with E-state index in [-0.39, 0.29) is 5.91 Å². The van der Waals surface area contributed by atoms with E-state index in [0.717, 1.165) is 41.4 Å². The zero-order valence-electron chi connectivity index (χ0n) is 17.0. The first-order valence-electron chi connectivity index (χ1n) is 10.1. The van der Waals surface area contributed by atoms with E-state index in [1.165, 1.54) is 0 Å². The third kappa shape index (κ3) is 3.70. The number of nitrogens with zero attached hydrogens (tertiary/aromatic N) is 3. The van der Waals surface area contributed by atoms with Gasteiger partial charge in [-0.2, -0.15) is 0 Å². The molecule has 0 bridgehead atoms. The van der Waals surface area contributed by atoms with Crippen LogP contribution in [0.2, 0.25) is 5.02 Å². The second-order valence-corrected chi connectivity index (χ2v) is 7.85. The lowest BCUT2D eigenvalue weighted by Gasteiger charge is -2.30. The molecule has 0 atom stereocenters. The Morgan fingerprint density at radius 1 is 1.06 bits per heavy atom. The first-order valence-corrected chi connectivity index (χ1v) is 10.4. The van der Waals surface area contributed by atoms with Crippen LogP contribution in [0, 0.1) is 0 Å². The van der Waals surface area contributed by atoms with Gasteiger partial charge in [0.25, 0.3) is 5.91 Å². The van der Waals surface area contributed by atoms with Crippen molar-refractivity contribution in [1.29, 1.82) is 0 Å². The van der Waals surface area contributed by atoms with Crippen LogP contribution in [0.3, 0.4) is 0 Å². The first-order chi connectivity index (χ1) is 15.1. The number of anilines is 2. The van der Waals surface area contributed by atoms with Crippen LogP contribution in [0.15, 0.2) is 66.7 Å². The van der Waals surface area contributed by atoms with E-state index in [9.17, 15) is 4.79 Å². The molecule has 3 aromatic carbocycles. The number of imidazole rings is 1. The Morgan fingerprint density at radius 2 is 1.94 bits per heavy atom. The molecule has 4 aromatic rings. The van der Waals surface area contributed by atoms with E-state index in [2.05, 4.69) is 20.9 Å². The van der Waals surface area contributed by atoms with Crippen LogP contribution in [0.1, 0.15) is 16.2 Å². The van der Waals surface area contributed by atoms with E-state index in [4.69, 9.17) is 21.3 Å². The molecule has 0 fully saturated rings. The van der Waals surface area contributed by atoms with Crippen molar-refractivity contribution in [3.63, 3.8) is 0 Å². The summed E-state index contributed by atoms with van der Waals surface area (Å²) in [6, 6.07) is 20.9. The van der Waals surface area contributed by atoms with Gasteiger partial charge in [0, 0.05) is 30.5 Å². The molecular weight excluding hydrogens is 412 g/mol. The molecule has 0 radical (unpaired) electrons. The molecule has 1 aromatic heterocycles. The number of ether oxygens (including phenoxy) is 1. The van der Waals surface area contributed by atoms with Crippen molar-refractivity contribution in [2.24, 2.45) is 0 Å². The molecule has 5 rings (SSSR count). The third-order valence-corrected chi connectivity index (χ3v) is 5.88. The number of methoxy groups -OCH3 is 1. The lowest BCUT2D eigenvalue weighted by atomic mass is 10.2. The van der Waals surface area contributed by atoms with E-state index in [0.29, 0.717) is 22.8 Å². The lowest BCUT2D eigenvalue weighted by molar-refractivity contribution is 0.102. The zero-order chi connectivity index (χ0) is 21.4. The number of halogens is 1. The molecule has 0 aliphatic carbocycles. The Labute approximate surface area is 185 Å². The monoisotopic (exact) mass is 432 g/mol. The molecule has 156 valence electrons. The van der Waals surface area contributed by atoms with Crippen molar-refractivity contribution in [1.82, 2.24) is 9.55 Å². The second-order valence-electron chi connectivity index (χ2n) is 7.44. The lowest BCUT2D eigenvalue weighted by Crippen LogP contribution is -2.33. The molecule has 1 aliphatic heterocycles. The van der Waals surface area contributed by atoms with E-state index in [1.807, 2.05) is 36.4 Å². The van der Waals surface area contributed by atoms with E-state index >= 15 is 0 Å². The summed E-state index contributed by atoms with van der Waals surface area (Å²) in [4.78, 5) is 19.7. The summed E-state index contributed by atoms with van der Waals surface area (Å²) >= 11 is 6.14. The minimum Gasteiger partial charge on any atom is -0.497 e. The number of rotatable bonds is 4. The van der Waals surface area contributed by atoms with Crippen molar-refractivity contribution >= 4 is 39.9 Å². The fraction of sp³-hybridized carbons (Fsp3) is 0.167. The number of nitrogens with one attached hydrogen (secondary N) is 1. The van der Waals surface area contributed by atoms with Gasteiger partial charge in [-0.05, 0) is 42.5 Å². The Hall–Kier alpha value is -3.51. The van der Waals surface area contributed by atoms with Gasteiger partial charge in [-0.1, -0.05) is 29.8 Å². The number of fused-ring (bicyclic) bond motifs is 3. The van der Waals surface area contributed by atoms with Gasteiger partial charge in [-0.15, -0.1) is 0 Å². The normalized spacial score (nSPS) is 13.2. The predicted molar refractivity (Wildman–Crippen MR) is 123 cm³/mol. The smallest absolute Gasteiger partial charge is 0.257 e. The molecule has 0 saturated carbocycles. The first kappa shape index (κ1) is 19.5. The summed E-state index contributed by atoms with van der Waals surface area (Å²) in [5.41, 5.74) is 4.18. The topological polar surface area (TPSA) is 59.4 Å². The summed E-state index contributed by atoms with van der Waals surface area (Å²) in [5.74, 6) is 1.60. The molecule has 0 saturated heterocycles. The summed E-state index contributed by atoms with van der Waals surface area (Å²) in [6.45, 7) is 2.44. The predicted octanol–water partition coefficient (Wildman–Crippen LogP) is 4.97. The summed E-state index contributed by atoms with van der Waals surface area (Å²) in [7, 11) is 1.68. The zero-order valence-corrected chi connectivity index (χ0v) is 17.8. The van der Waals surface area contributed by atoms with E-state index in [1.54, 1.807) is 31.4 Å². The fourth-order valence-corrected chi connectivity index (χ4v) is 4.19. The van der Waals surface area contributed by atoms with Gasteiger partial charge in [-0.3, -0.25) is 4.79 Å². The minimum absolute atomic E-state index is 0.238. The Bertz CT molecular complexity index is 1280. The Morgan fingerprint density at radius 3 is 2.77 bits per heavy atom. The van der Waals surface area contributed by atoms with Gasteiger partial charge < -0.3 is 19.5 Å². The van der Waals surface area contributed by atoms with Crippen LogP contribution >= 0.6 is 11.6 Å². The molecule has 2 heterocycles. The van der Waals surface area contributed by atoms with Crippen LogP contribution < -0.4 is 15.0 Å². The molecule has 0 spiro atoms. The maximum atomic E-state index is 12.6. The highest BCUT2D eigenvalue weighted by Crippen LogP contribution is 2.28. The highest BCUT2D eigenvalue weighted by molar-refractivity contribution is 6.34. The van der Waals surface area contributed by atoms with Crippen LogP contribution in [0.5, 0.6) is 5.75 Å². The molecule has 1 N–H and O–H groups in total. The number of amides is 1. The average Bonchev–Trinajstić information content (AvgIpc) is 3.16. The van der Waals surface area contributed by atoms with Crippen LogP contribution in [-0.4, -0.2) is 29.1 Å². The molecular formula is C24H21ClN4O2. The summed E-state index contributed by atoms with van der Waals surface area (Å²) < 4.78 is 7.60. The third-order valence-electron chi connectivity index (χ3n) is 5.55. The molecule has 0 unspecified atom stereocenters. The standard InChI is InChI=1S/C24H21ClN4O2/c1-31-18-6-4-5-17(14-18)28-11-12-29-22-10-9-16(13-21(22)27-23(29)15-28)26-24(30)19-7-2-3-8-20(19)25/h2-10,13-14H,11-12,15H2,1H3,(H,26,30). The van der Waals surface area contributed by atoms with Gasteiger partial charge in [0.15, 0.2) is 0 Å². The van der Waals surface area contributed by atoms with Crippen molar-refractivity contribution in [2.45, 2.75) is 13.1 Å². The minimum atomic E-state index is -0.238. The highest BCUT2D eigenvalue weighted by atomic mass is 35.5. The quantitative estimate of drug-likeness (QED) is 0.494. The Kier molecular flexibility index (Phi) is 5.00. The molecule has 7 heteroatoms. The van der Waals surface area contributed by atoms with Crippen LogP contribution in [0.25, 0.3) is 11.0 Å². The number of hydrogen-bond acceptors (Lipinski definition) is 4. The van der Waals surface area contributed by atoms with Crippen molar-refractivity contribution in [3.05, 3.63) is 83.1 Å². The maximum Gasteiger partial charge on any atom is 0.257 e. The van der Waals surface area contributed by atoms with Gasteiger partial charge in [0.05, 0.1) is 35.3 Å². The highest BCUT2D eigenvalue weighted by Gasteiger charge is 2.21. The summed E-state index contributed by atoms with van der Waals surface area (Å²) in [6.07, 6.45) is 0. The second kappa shape index (κ2) is 7.96. The number of aromatic nitrogens is 2. The number of carbonyl (C=O) groups is 1. The largest absolute Gasteiger partial charge is 0.497 e. The molecule has 6 nitrogen and oxygen atoms in total. The number of hydrogen-bond donors (Lipinski definition) is 1. The van der Waals surface area contributed by atoms with Crippen molar-refractivity contribution < 1.29 is 9.53 Å². The molecule has 1 aliphatic rings.